The third kappa shape index (κ3) is 3.43. The van der Waals surface area contributed by atoms with Gasteiger partial charge in [-0.3, -0.25) is 19.1 Å². The molecule has 3 N–H and O–H groups in total. The van der Waals surface area contributed by atoms with Crippen molar-refractivity contribution in [3.8, 4) is 0 Å². The quantitative estimate of drug-likeness (QED) is 0.656. The number of carbonyl (C=O) groups excluding carboxylic acids is 1. The van der Waals surface area contributed by atoms with Crippen LogP contribution in [-0.2, 0) is 6.54 Å². The van der Waals surface area contributed by atoms with Crippen LogP contribution in [0.1, 0.15) is 29.4 Å². The number of amides is 1. The van der Waals surface area contributed by atoms with Crippen LogP contribution >= 0.6 is 22.9 Å². The van der Waals surface area contributed by atoms with Crippen LogP contribution in [0.4, 0.5) is 15.9 Å². The van der Waals surface area contributed by atoms with E-state index in [4.69, 9.17) is 17.3 Å². The number of thiophene rings is 1. The summed E-state index contributed by atoms with van der Waals surface area (Å²) in [6.45, 7) is 2.27. The van der Waals surface area contributed by atoms with E-state index in [2.05, 4.69) is 4.98 Å². The van der Waals surface area contributed by atoms with Crippen LogP contribution in [0.2, 0.25) is 5.02 Å². The molecule has 0 aliphatic heterocycles. The number of aromatic nitrogens is 2. The zero-order valence-corrected chi connectivity index (χ0v) is 16.8. The molecule has 0 fully saturated rings. The molecular weight excluding hydrogens is 407 g/mol. The largest absolute Gasteiger partial charge is 0.383 e. The second-order valence-corrected chi connectivity index (χ2v) is 7.68. The number of unbranched alkanes of at least 4 members (excludes halogenated alkanes) is 1. The molecule has 1 amide bonds. The Morgan fingerprint density at radius 3 is 2.79 bits per heavy atom. The number of hydrogen-bond donors (Lipinski definition) is 2. The van der Waals surface area contributed by atoms with Gasteiger partial charge < -0.3 is 10.6 Å². The maximum atomic E-state index is 13.5. The maximum absolute atomic E-state index is 13.5. The molecule has 28 heavy (non-hydrogen) atoms. The van der Waals surface area contributed by atoms with Crippen molar-refractivity contribution in [1.29, 1.82) is 0 Å². The highest BCUT2D eigenvalue weighted by molar-refractivity contribution is 7.21. The summed E-state index contributed by atoms with van der Waals surface area (Å²) in [7, 11) is 1.37. The van der Waals surface area contributed by atoms with Crippen LogP contribution in [0, 0.1) is 5.82 Å². The minimum absolute atomic E-state index is 0.0960. The predicted molar refractivity (Wildman–Crippen MR) is 110 cm³/mol. The highest BCUT2D eigenvalue weighted by Crippen LogP contribution is 2.37. The molecule has 7 nitrogen and oxygen atoms in total. The Labute approximate surface area is 168 Å². The van der Waals surface area contributed by atoms with Gasteiger partial charge in [-0.25, -0.2) is 9.18 Å². The van der Waals surface area contributed by atoms with Crippen molar-refractivity contribution in [3.63, 3.8) is 0 Å². The lowest BCUT2D eigenvalue weighted by molar-refractivity contribution is 0.0996. The summed E-state index contributed by atoms with van der Waals surface area (Å²) in [5.41, 5.74) is 4.51. The van der Waals surface area contributed by atoms with E-state index >= 15 is 0 Å². The molecule has 0 aliphatic carbocycles. The van der Waals surface area contributed by atoms with E-state index in [1.54, 1.807) is 0 Å². The first kappa shape index (κ1) is 20.1. The van der Waals surface area contributed by atoms with Gasteiger partial charge in [0, 0.05) is 23.7 Å². The van der Waals surface area contributed by atoms with E-state index in [0.29, 0.717) is 23.1 Å². The Balaban J connectivity index is 2.08. The topological polar surface area (TPSA) is 101 Å². The van der Waals surface area contributed by atoms with Crippen LogP contribution in [0.25, 0.3) is 10.1 Å². The average molecular weight is 425 g/mol. The van der Waals surface area contributed by atoms with Gasteiger partial charge in [0.25, 0.3) is 11.5 Å². The first-order valence-corrected chi connectivity index (χ1v) is 9.73. The number of H-pyrrole nitrogens is 1. The Hall–Kier alpha value is -2.65. The lowest BCUT2D eigenvalue weighted by Crippen LogP contribution is -2.39. The number of aromatic amines is 1. The Bertz CT molecular complexity index is 1180. The van der Waals surface area contributed by atoms with Gasteiger partial charge in [-0.1, -0.05) is 24.9 Å². The van der Waals surface area contributed by atoms with Gasteiger partial charge in [0.05, 0.1) is 5.02 Å². The highest BCUT2D eigenvalue weighted by Gasteiger charge is 2.26. The SMILES string of the molecule is CCCCn1c(N)c(N(C)C(=O)c2sc3cc(F)ccc3c2Cl)c(=O)[nH]c1=O. The summed E-state index contributed by atoms with van der Waals surface area (Å²) >= 11 is 7.33. The summed E-state index contributed by atoms with van der Waals surface area (Å²) in [5, 5.41) is 0.714. The maximum Gasteiger partial charge on any atom is 0.330 e. The molecule has 0 spiro atoms. The molecule has 10 heteroatoms. The van der Waals surface area contributed by atoms with E-state index in [0.717, 1.165) is 22.7 Å². The van der Waals surface area contributed by atoms with Crippen molar-refractivity contribution in [2.75, 3.05) is 17.7 Å². The molecule has 2 aromatic heterocycles. The average Bonchev–Trinajstić information content (AvgIpc) is 2.96. The summed E-state index contributed by atoms with van der Waals surface area (Å²) < 4.78 is 15.2. The number of rotatable bonds is 5. The first-order valence-electron chi connectivity index (χ1n) is 8.54. The van der Waals surface area contributed by atoms with Crippen LogP contribution in [0.15, 0.2) is 27.8 Å². The molecule has 0 saturated heterocycles. The Morgan fingerprint density at radius 2 is 2.11 bits per heavy atom. The zero-order chi connectivity index (χ0) is 20.6. The molecule has 3 rings (SSSR count). The Morgan fingerprint density at radius 1 is 1.39 bits per heavy atom. The number of hydrogen-bond acceptors (Lipinski definition) is 5. The summed E-state index contributed by atoms with van der Waals surface area (Å²) in [4.78, 5) is 40.8. The number of fused-ring (bicyclic) bond motifs is 1. The number of halogens is 2. The molecule has 2 heterocycles. The van der Waals surface area contributed by atoms with Crippen LogP contribution in [0.3, 0.4) is 0 Å². The second kappa shape index (κ2) is 7.76. The van der Waals surface area contributed by atoms with Crippen molar-refractivity contribution in [1.82, 2.24) is 9.55 Å². The van der Waals surface area contributed by atoms with E-state index < -0.39 is 23.0 Å². The fraction of sp³-hybridized carbons (Fsp3) is 0.278. The monoisotopic (exact) mass is 424 g/mol. The van der Waals surface area contributed by atoms with Crippen LogP contribution < -0.4 is 21.9 Å². The molecule has 148 valence electrons. The van der Waals surface area contributed by atoms with Gasteiger partial charge in [-0.15, -0.1) is 11.3 Å². The molecule has 0 bridgehead atoms. The van der Waals surface area contributed by atoms with E-state index in [1.807, 2.05) is 6.92 Å². The molecule has 3 aromatic rings. The van der Waals surface area contributed by atoms with Crippen molar-refractivity contribution < 1.29 is 9.18 Å². The third-order valence-corrected chi connectivity index (χ3v) is 6.02. The van der Waals surface area contributed by atoms with Gasteiger partial charge in [0.1, 0.15) is 16.5 Å². The summed E-state index contributed by atoms with van der Waals surface area (Å²) in [6, 6.07) is 4.03. The predicted octanol–water partition coefficient (Wildman–Crippen LogP) is 3.20. The van der Waals surface area contributed by atoms with Crippen molar-refractivity contribution >= 4 is 50.4 Å². The minimum Gasteiger partial charge on any atom is -0.383 e. The fourth-order valence-electron chi connectivity index (χ4n) is 2.87. The molecule has 0 radical (unpaired) electrons. The van der Waals surface area contributed by atoms with Crippen molar-refractivity contribution in [3.05, 3.63) is 54.8 Å². The molecular formula is C18H18ClFN4O3S. The van der Waals surface area contributed by atoms with Crippen LogP contribution in [0.5, 0.6) is 0 Å². The van der Waals surface area contributed by atoms with Gasteiger partial charge in [0.2, 0.25) is 0 Å². The third-order valence-electron chi connectivity index (χ3n) is 4.38. The molecule has 0 unspecified atom stereocenters. The standard InChI is InChI=1S/C18H18ClFN4O3S/c1-3-4-7-24-15(21)13(16(25)22-18(24)27)23(2)17(26)14-12(19)10-6-5-9(20)8-11(10)28-14/h5-6,8H,3-4,7,21H2,1-2H3,(H,22,25,27). The van der Waals surface area contributed by atoms with Crippen molar-refractivity contribution in [2.24, 2.45) is 0 Å². The number of nitrogens with two attached hydrogens (primary N) is 1. The van der Waals surface area contributed by atoms with E-state index in [1.165, 1.54) is 29.8 Å². The Kier molecular flexibility index (Phi) is 5.57. The van der Waals surface area contributed by atoms with Crippen molar-refractivity contribution in [2.45, 2.75) is 26.3 Å². The van der Waals surface area contributed by atoms with Gasteiger partial charge in [-0.05, 0) is 24.6 Å². The number of nitrogens with one attached hydrogen (secondary N) is 1. The zero-order valence-electron chi connectivity index (χ0n) is 15.2. The van der Waals surface area contributed by atoms with Crippen LogP contribution in [-0.4, -0.2) is 22.5 Å². The van der Waals surface area contributed by atoms with Gasteiger partial charge in [0.15, 0.2) is 5.69 Å². The van der Waals surface area contributed by atoms with E-state index in [-0.39, 0.29) is 21.4 Å². The van der Waals surface area contributed by atoms with Gasteiger partial charge >= 0.3 is 5.69 Å². The summed E-state index contributed by atoms with van der Waals surface area (Å²) in [6.07, 6.45) is 1.50. The van der Waals surface area contributed by atoms with E-state index in [9.17, 15) is 18.8 Å². The summed E-state index contributed by atoms with van der Waals surface area (Å²) in [5.74, 6) is -1.12. The minimum atomic E-state index is -0.769. The number of carbonyl (C=O) groups is 1. The number of nitrogen functional groups attached to an aromatic ring is 1. The molecule has 0 atom stereocenters. The second-order valence-electron chi connectivity index (χ2n) is 6.25. The highest BCUT2D eigenvalue weighted by atomic mass is 35.5. The lowest BCUT2D eigenvalue weighted by Gasteiger charge is -2.20. The smallest absolute Gasteiger partial charge is 0.330 e. The normalized spacial score (nSPS) is 11.1. The first-order chi connectivity index (χ1) is 13.3. The molecule has 0 aliphatic rings. The molecule has 0 saturated carbocycles. The number of benzene rings is 1. The number of nitrogens with zero attached hydrogens (tertiary/aromatic N) is 2. The lowest BCUT2D eigenvalue weighted by atomic mass is 10.2. The molecule has 1 aromatic carbocycles. The number of anilines is 2. The fourth-order valence-corrected chi connectivity index (χ4v) is 4.38. The van der Waals surface area contributed by atoms with Gasteiger partial charge in [-0.2, -0.15) is 0 Å².